The number of carbonyl (C=O) groups excluding carboxylic acids is 1. The van der Waals surface area contributed by atoms with Crippen LogP contribution in [0.15, 0.2) is 30.3 Å². The van der Waals surface area contributed by atoms with Gasteiger partial charge in [-0.05, 0) is 32.1 Å². The molecule has 0 bridgehead atoms. The first-order chi connectivity index (χ1) is 10.7. The van der Waals surface area contributed by atoms with Crippen molar-refractivity contribution in [3.05, 3.63) is 35.9 Å². The molecule has 22 heavy (non-hydrogen) atoms. The third-order valence-corrected chi connectivity index (χ3v) is 4.92. The zero-order valence-electron chi connectivity index (χ0n) is 12.8. The van der Waals surface area contributed by atoms with Crippen LogP contribution in [0, 0.1) is 0 Å². The number of nitrogens with zero attached hydrogens (tertiary/aromatic N) is 1. The number of aliphatic hydroxyl groups is 1. The van der Waals surface area contributed by atoms with Gasteiger partial charge in [0.1, 0.15) is 0 Å². The largest absolute Gasteiger partial charge is 0.444 e. The minimum absolute atomic E-state index is 0.356. The van der Waals surface area contributed by atoms with Gasteiger partial charge in [-0.2, -0.15) is 0 Å². The van der Waals surface area contributed by atoms with Crippen molar-refractivity contribution in [3.63, 3.8) is 0 Å². The molecule has 1 N–H and O–H groups in total. The number of carbonyl (C=O) groups is 1. The highest BCUT2D eigenvalue weighted by Crippen LogP contribution is 2.32. The van der Waals surface area contributed by atoms with Crippen LogP contribution >= 0.6 is 15.9 Å². The molecule has 2 rings (SSSR count). The van der Waals surface area contributed by atoms with E-state index in [-0.39, 0.29) is 6.23 Å². The summed E-state index contributed by atoms with van der Waals surface area (Å²) in [5, 5.41) is 11.6. The molecule has 1 aromatic rings. The van der Waals surface area contributed by atoms with Gasteiger partial charge in [0, 0.05) is 24.0 Å². The molecule has 1 fully saturated rings. The molecule has 0 spiro atoms. The number of hydrogen-bond acceptors (Lipinski definition) is 4. The van der Waals surface area contributed by atoms with Crippen LogP contribution in [0.5, 0.6) is 0 Å². The summed E-state index contributed by atoms with van der Waals surface area (Å²) in [6.07, 6.45) is 4.06. The number of likely N-dealkylation sites (tertiary alicyclic amines) is 1. The zero-order chi connectivity index (χ0) is 15.8. The highest BCUT2D eigenvalue weighted by Gasteiger charge is 2.35. The standard InChI is InChI=1S/C17H24BrNO3/c18-11-5-4-8-17(21)9-12-19(13-10-17)16(22-14-20)15-6-2-1-3-7-15/h1-3,6-7,14,16,21H,4-5,8-13H2. The van der Waals surface area contributed by atoms with E-state index < -0.39 is 5.60 Å². The van der Waals surface area contributed by atoms with E-state index in [1.54, 1.807) is 0 Å². The van der Waals surface area contributed by atoms with E-state index in [1.165, 1.54) is 0 Å². The molecule has 1 unspecified atom stereocenters. The maximum Gasteiger partial charge on any atom is 0.294 e. The van der Waals surface area contributed by atoms with Gasteiger partial charge in [0.2, 0.25) is 0 Å². The van der Waals surface area contributed by atoms with Crippen LogP contribution in [0.3, 0.4) is 0 Å². The third kappa shape index (κ3) is 4.80. The van der Waals surface area contributed by atoms with Crippen LogP contribution in [0.1, 0.15) is 43.9 Å². The molecule has 1 aromatic carbocycles. The fourth-order valence-electron chi connectivity index (χ4n) is 3.02. The number of rotatable bonds is 8. The molecular formula is C17H24BrNO3. The summed E-state index contributed by atoms with van der Waals surface area (Å²) >= 11 is 3.42. The quantitative estimate of drug-likeness (QED) is 0.434. The number of unbranched alkanes of at least 4 members (excludes halogenated alkanes) is 1. The summed E-state index contributed by atoms with van der Waals surface area (Å²) < 4.78 is 5.29. The minimum Gasteiger partial charge on any atom is -0.444 e. The Morgan fingerprint density at radius 3 is 2.55 bits per heavy atom. The van der Waals surface area contributed by atoms with Crippen molar-refractivity contribution in [3.8, 4) is 0 Å². The van der Waals surface area contributed by atoms with Crippen molar-refractivity contribution in [1.29, 1.82) is 0 Å². The fourth-order valence-corrected chi connectivity index (χ4v) is 3.42. The van der Waals surface area contributed by atoms with Crippen LogP contribution in [0.25, 0.3) is 0 Å². The number of alkyl halides is 1. The number of benzene rings is 1. The van der Waals surface area contributed by atoms with E-state index in [0.717, 1.165) is 56.1 Å². The highest BCUT2D eigenvalue weighted by molar-refractivity contribution is 9.09. The molecule has 1 heterocycles. The Bertz CT molecular complexity index is 446. The predicted octanol–water partition coefficient (Wildman–Crippen LogP) is 3.25. The smallest absolute Gasteiger partial charge is 0.294 e. The Hall–Kier alpha value is -0.910. The molecule has 1 aliphatic rings. The molecule has 1 saturated heterocycles. The van der Waals surface area contributed by atoms with Gasteiger partial charge >= 0.3 is 0 Å². The van der Waals surface area contributed by atoms with Crippen molar-refractivity contribution in [2.75, 3.05) is 18.4 Å². The second kappa shape index (κ2) is 8.65. The molecule has 0 aromatic heterocycles. The summed E-state index contributed by atoms with van der Waals surface area (Å²) in [7, 11) is 0. The second-order valence-corrected chi connectivity index (χ2v) is 6.69. The molecule has 1 aliphatic heterocycles. The maximum absolute atomic E-state index is 10.8. The first-order valence-corrected chi connectivity index (χ1v) is 8.97. The first-order valence-electron chi connectivity index (χ1n) is 7.85. The SMILES string of the molecule is O=COC(c1ccccc1)N1CCC(O)(CCCCBr)CC1. The van der Waals surface area contributed by atoms with Gasteiger partial charge in [-0.1, -0.05) is 46.3 Å². The lowest BCUT2D eigenvalue weighted by molar-refractivity contribution is -0.149. The third-order valence-electron chi connectivity index (χ3n) is 4.36. The molecule has 0 aliphatic carbocycles. The Morgan fingerprint density at radius 2 is 1.95 bits per heavy atom. The van der Waals surface area contributed by atoms with E-state index in [9.17, 15) is 9.90 Å². The van der Waals surface area contributed by atoms with E-state index >= 15 is 0 Å². The van der Waals surface area contributed by atoms with Crippen molar-refractivity contribution < 1.29 is 14.6 Å². The van der Waals surface area contributed by atoms with Gasteiger partial charge in [-0.3, -0.25) is 9.69 Å². The molecular weight excluding hydrogens is 346 g/mol. The fraction of sp³-hybridized carbons (Fsp3) is 0.588. The molecule has 5 heteroatoms. The van der Waals surface area contributed by atoms with Crippen molar-refractivity contribution in [2.24, 2.45) is 0 Å². The molecule has 4 nitrogen and oxygen atoms in total. The minimum atomic E-state index is -0.568. The van der Waals surface area contributed by atoms with Gasteiger partial charge in [-0.25, -0.2) is 0 Å². The average molecular weight is 370 g/mol. The summed E-state index contributed by atoms with van der Waals surface area (Å²) in [4.78, 5) is 13.0. The van der Waals surface area contributed by atoms with Crippen LogP contribution in [0.2, 0.25) is 0 Å². The summed E-state index contributed by atoms with van der Waals surface area (Å²) in [6, 6.07) is 9.75. The van der Waals surface area contributed by atoms with E-state index in [0.29, 0.717) is 6.47 Å². The molecule has 1 atom stereocenters. The van der Waals surface area contributed by atoms with Gasteiger partial charge in [-0.15, -0.1) is 0 Å². The Balaban J connectivity index is 1.94. The monoisotopic (exact) mass is 369 g/mol. The van der Waals surface area contributed by atoms with Crippen molar-refractivity contribution in [2.45, 2.75) is 43.9 Å². The molecule has 122 valence electrons. The number of hydrogen-bond donors (Lipinski definition) is 1. The number of halogens is 1. The van der Waals surface area contributed by atoms with Crippen molar-refractivity contribution >= 4 is 22.4 Å². The van der Waals surface area contributed by atoms with Gasteiger partial charge in [0.25, 0.3) is 6.47 Å². The summed E-state index contributed by atoms with van der Waals surface area (Å²) in [5.74, 6) is 0. The van der Waals surface area contributed by atoms with Crippen LogP contribution in [-0.2, 0) is 9.53 Å². The van der Waals surface area contributed by atoms with E-state index in [2.05, 4.69) is 20.8 Å². The Kier molecular flexibility index (Phi) is 6.86. The molecule has 0 amide bonds. The van der Waals surface area contributed by atoms with Crippen LogP contribution in [-0.4, -0.2) is 40.5 Å². The average Bonchev–Trinajstić information content (AvgIpc) is 2.55. The topological polar surface area (TPSA) is 49.8 Å². The molecule has 0 saturated carbocycles. The lowest BCUT2D eigenvalue weighted by Gasteiger charge is -2.41. The Morgan fingerprint density at radius 1 is 1.27 bits per heavy atom. The van der Waals surface area contributed by atoms with Gasteiger partial charge in [0.15, 0.2) is 6.23 Å². The number of ether oxygens (including phenoxy) is 1. The second-order valence-electron chi connectivity index (χ2n) is 5.90. The maximum atomic E-state index is 10.8. The van der Waals surface area contributed by atoms with E-state index in [1.807, 2.05) is 30.3 Å². The summed E-state index contributed by atoms with van der Waals surface area (Å²) in [5.41, 5.74) is 0.403. The lowest BCUT2D eigenvalue weighted by Crippen LogP contribution is -2.46. The highest BCUT2D eigenvalue weighted by atomic mass is 79.9. The van der Waals surface area contributed by atoms with E-state index in [4.69, 9.17) is 4.74 Å². The number of piperidine rings is 1. The van der Waals surface area contributed by atoms with Crippen LogP contribution in [0.4, 0.5) is 0 Å². The first kappa shape index (κ1) is 17.4. The van der Waals surface area contributed by atoms with Crippen LogP contribution < -0.4 is 0 Å². The Labute approximate surface area is 140 Å². The predicted molar refractivity (Wildman–Crippen MR) is 89.7 cm³/mol. The van der Waals surface area contributed by atoms with Gasteiger partial charge < -0.3 is 9.84 Å². The normalized spacial score (nSPS) is 19.5. The lowest BCUT2D eigenvalue weighted by atomic mass is 9.86. The summed E-state index contributed by atoms with van der Waals surface area (Å²) in [6.45, 7) is 1.98. The van der Waals surface area contributed by atoms with Crippen molar-refractivity contribution in [1.82, 2.24) is 4.90 Å². The zero-order valence-corrected chi connectivity index (χ0v) is 14.4. The van der Waals surface area contributed by atoms with Gasteiger partial charge in [0.05, 0.1) is 5.60 Å². The molecule has 0 radical (unpaired) electrons.